The summed E-state index contributed by atoms with van der Waals surface area (Å²) in [6, 6.07) is 10.9. The summed E-state index contributed by atoms with van der Waals surface area (Å²) in [5.41, 5.74) is 2.44. The van der Waals surface area contributed by atoms with Gasteiger partial charge in [0.1, 0.15) is 0 Å². The largest absolute Gasteiger partial charge is 0.493 e. The Labute approximate surface area is 146 Å². The van der Waals surface area contributed by atoms with E-state index in [1.807, 2.05) is 24.3 Å². The van der Waals surface area contributed by atoms with Crippen molar-refractivity contribution in [1.82, 2.24) is 5.32 Å². The van der Waals surface area contributed by atoms with E-state index in [0.717, 1.165) is 11.1 Å². The summed E-state index contributed by atoms with van der Waals surface area (Å²) >= 11 is 6.14. The number of methoxy groups -OCH3 is 3. The molecule has 2 rings (SSSR count). The normalized spacial score (nSPS) is 10.3. The lowest BCUT2D eigenvalue weighted by molar-refractivity contribution is 0.0950. The van der Waals surface area contributed by atoms with Crippen LogP contribution in [0.1, 0.15) is 21.5 Å². The number of benzene rings is 2. The molecule has 0 aliphatic carbocycles. The third-order valence-corrected chi connectivity index (χ3v) is 3.83. The molecule has 24 heavy (non-hydrogen) atoms. The van der Waals surface area contributed by atoms with Crippen molar-refractivity contribution >= 4 is 17.5 Å². The zero-order valence-electron chi connectivity index (χ0n) is 13.9. The molecule has 6 heteroatoms. The number of rotatable bonds is 7. The second kappa shape index (κ2) is 8.57. The van der Waals surface area contributed by atoms with Crippen LogP contribution in [0.5, 0.6) is 11.5 Å². The van der Waals surface area contributed by atoms with E-state index in [1.165, 1.54) is 14.2 Å². The molecule has 0 spiro atoms. The van der Waals surface area contributed by atoms with Crippen molar-refractivity contribution in [3.63, 3.8) is 0 Å². The Kier molecular flexibility index (Phi) is 6.46. The first kappa shape index (κ1) is 18.1. The Morgan fingerprint density at radius 2 is 1.79 bits per heavy atom. The predicted octanol–water partition coefficient (Wildman–Crippen LogP) is 3.43. The predicted molar refractivity (Wildman–Crippen MR) is 92.9 cm³/mol. The minimum absolute atomic E-state index is 0.245. The molecule has 0 unspecified atom stereocenters. The lowest BCUT2D eigenvalue weighted by atomic mass is 10.1. The summed E-state index contributed by atoms with van der Waals surface area (Å²) in [6.07, 6.45) is 0. The number of halogens is 1. The Hall–Kier alpha value is -2.24. The van der Waals surface area contributed by atoms with Crippen LogP contribution in [-0.4, -0.2) is 27.2 Å². The molecule has 2 aromatic carbocycles. The first-order valence-electron chi connectivity index (χ1n) is 7.36. The molecule has 0 bridgehead atoms. The standard InChI is InChI=1S/C18H20ClNO4/c1-22-11-13-7-5-4-6-12(13)10-20-18(21)14-8-15(19)17(24-3)16(9-14)23-2/h4-9H,10-11H2,1-3H3,(H,20,21). The molecule has 1 amide bonds. The number of hydrogen-bond donors (Lipinski definition) is 1. The molecule has 0 saturated carbocycles. The van der Waals surface area contributed by atoms with Crippen LogP contribution in [0.15, 0.2) is 36.4 Å². The number of ether oxygens (including phenoxy) is 3. The van der Waals surface area contributed by atoms with Crippen LogP contribution in [0.2, 0.25) is 5.02 Å². The van der Waals surface area contributed by atoms with Crippen molar-refractivity contribution in [2.24, 2.45) is 0 Å². The maximum Gasteiger partial charge on any atom is 0.251 e. The quantitative estimate of drug-likeness (QED) is 0.832. The molecule has 5 nitrogen and oxygen atoms in total. The van der Waals surface area contributed by atoms with Gasteiger partial charge in [0.2, 0.25) is 0 Å². The van der Waals surface area contributed by atoms with Crippen molar-refractivity contribution in [3.05, 3.63) is 58.1 Å². The van der Waals surface area contributed by atoms with Gasteiger partial charge < -0.3 is 19.5 Å². The van der Waals surface area contributed by atoms with E-state index < -0.39 is 0 Å². The Morgan fingerprint density at radius 3 is 2.42 bits per heavy atom. The van der Waals surface area contributed by atoms with Crippen molar-refractivity contribution in [3.8, 4) is 11.5 Å². The maximum absolute atomic E-state index is 12.4. The summed E-state index contributed by atoms with van der Waals surface area (Å²) < 4.78 is 15.6. The van der Waals surface area contributed by atoms with E-state index >= 15 is 0 Å². The summed E-state index contributed by atoms with van der Waals surface area (Å²) in [5, 5.41) is 3.20. The van der Waals surface area contributed by atoms with Gasteiger partial charge in [-0.2, -0.15) is 0 Å². The summed E-state index contributed by atoms with van der Waals surface area (Å²) in [6.45, 7) is 0.887. The van der Waals surface area contributed by atoms with E-state index in [4.69, 9.17) is 25.8 Å². The molecule has 0 heterocycles. The number of carbonyl (C=O) groups is 1. The topological polar surface area (TPSA) is 56.8 Å². The van der Waals surface area contributed by atoms with E-state index in [0.29, 0.717) is 35.2 Å². The molecule has 128 valence electrons. The molecule has 1 N–H and O–H groups in total. The molecular weight excluding hydrogens is 330 g/mol. The van der Waals surface area contributed by atoms with Gasteiger partial charge in [-0.3, -0.25) is 4.79 Å². The average Bonchev–Trinajstić information content (AvgIpc) is 2.60. The van der Waals surface area contributed by atoms with Crippen LogP contribution in [-0.2, 0) is 17.9 Å². The average molecular weight is 350 g/mol. The van der Waals surface area contributed by atoms with E-state index in [2.05, 4.69) is 5.32 Å². The van der Waals surface area contributed by atoms with Gasteiger partial charge in [0.05, 0.1) is 25.8 Å². The van der Waals surface area contributed by atoms with Gasteiger partial charge in [-0.15, -0.1) is 0 Å². The van der Waals surface area contributed by atoms with Gasteiger partial charge in [-0.1, -0.05) is 35.9 Å². The van der Waals surface area contributed by atoms with Crippen LogP contribution < -0.4 is 14.8 Å². The number of hydrogen-bond acceptors (Lipinski definition) is 4. The molecule has 0 aliphatic heterocycles. The monoisotopic (exact) mass is 349 g/mol. The van der Waals surface area contributed by atoms with Gasteiger partial charge in [0.25, 0.3) is 5.91 Å². The zero-order valence-corrected chi connectivity index (χ0v) is 14.6. The van der Waals surface area contributed by atoms with E-state index in [1.54, 1.807) is 19.2 Å². The maximum atomic E-state index is 12.4. The fourth-order valence-corrected chi connectivity index (χ4v) is 2.64. The molecule has 0 radical (unpaired) electrons. The molecule has 0 aliphatic rings. The van der Waals surface area contributed by atoms with Crippen LogP contribution in [0.4, 0.5) is 0 Å². The van der Waals surface area contributed by atoms with Gasteiger partial charge in [-0.25, -0.2) is 0 Å². The molecular formula is C18H20ClNO4. The lowest BCUT2D eigenvalue weighted by Crippen LogP contribution is -2.23. The van der Waals surface area contributed by atoms with Crippen LogP contribution in [0.3, 0.4) is 0 Å². The second-order valence-corrected chi connectivity index (χ2v) is 5.49. The number of amides is 1. The highest BCUT2D eigenvalue weighted by atomic mass is 35.5. The van der Waals surface area contributed by atoms with Crippen molar-refractivity contribution in [2.75, 3.05) is 21.3 Å². The number of carbonyl (C=O) groups excluding carboxylic acids is 1. The van der Waals surface area contributed by atoms with Gasteiger partial charge >= 0.3 is 0 Å². The molecule has 0 saturated heterocycles. The Morgan fingerprint density at radius 1 is 1.08 bits per heavy atom. The van der Waals surface area contributed by atoms with Crippen LogP contribution in [0, 0.1) is 0 Å². The van der Waals surface area contributed by atoms with E-state index in [9.17, 15) is 4.79 Å². The summed E-state index contributed by atoms with van der Waals surface area (Å²) in [7, 11) is 4.63. The molecule has 0 aromatic heterocycles. The highest BCUT2D eigenvalue weighted by molar-refractivity contribution is 6.32. The molecule has 0 fully saturated rings. The number of nitrogens with one attached hydrogen (secondary N) is 1. The minimum Gasteiger partial charge on any atom is -0.493 e. The van der Waals surface area contributed by atoms with Crippen molar-refractivity contribution in [1.29, 1.82) is 0 Å². The van der Waals surface area contributed by atoms with Gasteiger partial charge in [0, 0.05) is 19.2 Å². The van der Waals surface area contributed by atoms with Gasteiger partial charge in [0.15, 0.2) is 11.5 Å². The first-order valence-corrected chi connectivity index (χ1v) is 7.74. The fraction of sp³-hybridized carbons (Fsp3) is 0.278. The van der Waals surface area contributed by atoms with Crippen LogP contribution in [0.25, 0.3) is 0 Å². The van der Waals surface area contributed by atoms with Gasteiger partial charge in [-0.05, 0) is 23.3 Å². The molecule has 0 atom stereocenters. The fourth-order valence-electron chi connectivity index (χ4n) is 2.35. The first-order chi connectivity index (χ1) is 11.6. The molecule has 2 aromatic rings. The highest BCUT2D eigenvalue weighted by Crippen LogP contribution is 2.35. The SMILES string of the molecule is COCc1ccccc1CNC(=O)c1cc(Cl)c(OC)c(OC)c1. The Bertz CT molecular complexity index is 718. The Balaban J connectivity index is 2.15. The second-order valence-electron chi connectivity index (χ2n) is 5.08. The highest BCUT2D eigenvalue weighted by Gasteiger charge is 2.15. The summed E-state index contributed by atoms with van der Waals surface area (Å²) in [4.78, 5) is 12.4. The minimum atomic E-state index is -0.245. The van der Waals surface area contributed by atoms with Crippen molar-refractivity contribution in [2.45, 2.75) is 13.2 Å². The third-order valence-electron chi connectivity index (χ3n) is 3.55. The zero-order chi connectivity index (χ0) is 17.5. The summed E-state index contributed by atoms with van der Waals surface area (Å²) in [5.74, 6) is 0.571. The van der Waals surface area contributed by atoms with E-state index in [-0.39, 0.29) is 5.91 Å². The lowest BCUT2D eigenvalue weighted by Gasteiger charge is -2.13. The third kappa shape index (κ3) is 4.19. The smallest absolute Gasteiger partial charge is 0.251 e. The van der Waals surface area contributed by atoms with Crippen molar-refractivity contribution < 1.29 is 19.0 Å². The van der Waals surface area contributed by atoms with Crippen LogP contribution >= 0.6 is 11.6 Å².